The van der Waals surface area contributed by atoms with Gasteiger partial charge in [0.15, 0.2) is 0 Å². The lowest BCUT2D eigenvalue weighted by molar-refractivity contribution is 0.155. The summed E-state index contributed by atoms with van der Waals surface area (Å²) in [6, 6.07) is 11.4. The van der Waals surface area contributed by atoms with E-state index in [1.807, 2.05) is 12.1 Å². The zero-order chi connectivity index (χ0) is 16.8. The first-order valence-electron chi connectivity index (χ1n) is 7.96. The first-order chi connectivity index (χ1) is 11.0. The molecule has 132 valence electrons. The highest BCUT2D eigenvalue weighted by Gasteiger charge is 2.14. The molecule has 4 nitrogen and oxygen atoms in total. The third-order valence-corrected chi connectivity index (χ3v) is 4.20. The van der Waals surface area contributed by atoms with Crippen molar-refractivity contribution in [3.8, 4) is 17.2 Å². The average molecular weight is 332 g/mol. The predicted molar refractivity (Wildman–Crippen MR) is 96.3 cm³/mol. The molecule has 4 heteroatoms. The monoisotopic (exact) mass is 332 g/mol. The minimum Gasteiger partial charge on any atom is -0.508 e. The van der Waals surface area contributed by atoms with E-state index in [2.05, 4.69) is 6.92 Å². The highest BCUT2D eigenvalue weighted by Crippen LogP contribution is 2.29. The van der Waals surface area contributed by atoms with E-state index < -0.39 is 6.10 Å². The van der Waals surface area contributed by atoms with E-state index in [0.29, 0.717) is 17.9 Å². The number of phenolic OH excluding ortho intramolecular Hbond substituents is 3. The summed E-state index contributed by atoms with van der Waals surface area (Å²) < 4.78 is 0. The van der Waals surface area contributed by atoms with Gasteiger partial charge in [-0.1, -0.05) is 32.9 Å². The van der Waals surface area contributed by atoms with Gasteiger partial charge in [0.05, 0.1) is 6.10 Å². The van der Waals surface area contributed by atoms with Crippen LogP contribution in [-0.2, 0) is 6.42 Å². The molecule has 0 saturated heterocycles. The molecule has 0 aliphatic rings. The molecular formula is C20H28O4. The summed E-state index contributed by atoms with van der Waals surface area (Å²) in [5, 5.41) is 38.6. The van der Waals surface area contributed by atoms with Crippen LogP contribution < -0.4 is 0 Å². The average Bonchev–Trinajstić information content (AvgIpc) is 2.52. The summed E-state index contributed by atoms with van der Waals surface area (Å²) in [5.74, 6) is 0.603. The highest BCUT2D eigenvalue weighted by molar-refractivity contribution is 5.37. The molecule has 0 fully saturated rings. The fourth-order valence-electron chi connectivity index (χ4n) is 2.79. The standard InChI is InChI=1S/C19H24O4.CH4/c1-2-13(9-14-3-6-16(20)7-4-14)5-8-19(23)15-10-17(21)12-18(22)11-15;/h3-4,6-7,10-13,19-23H,2,5,8-9H2,1H3;1H4/t13-,19+;/m1./s1. The van der Waals surface area contributed by atoms with E-state index in [9.17, 15) is 20.4 Å². The van der Waals surface area contributed by atoms with Crippen LogP contribution in [0.3, 0.4) is 0 Å². The summed E-state index contributed by atoms with van der Waals surface area (Å²) >= 11 is 0. The van der Waals surface area contributed by atoms with Crippen LogP contribution in [0.1, 0.15) is 50.8 Å². The van der Waals surface area contributed by atoms with Gasteiger partial charge in [0.2, 0.25) is 0 Å². The molecule has 0 amide bonds. The summed E-state index contributed by atoms with van der Waals surface area (Å²) in [4.78, 5) is 0. The van der Waals surface area contributed by atoms with Crippen molar-refractivity contribution in [3.05, 3.63) is 53.6 Å². The SMILES string of the molecule is C.CC[C@H](CC[C@H](O)c1cc(O)cc(O)c1)Cc1ccc(O)cc1. The maximum atomic E-state index is 10.3. The van der Waals surface area contributed by atoms with E-state index in [-0.39, 0.29) is 24.7 Å². The van der Waals surface area contributed by atoms with Crippen molar-refractivity contribution in [2.45, 2.75) is 46.1 Å². The van der Waals surface area contributed by atoms with Crippen molar-refractivity contribution in [1.29, 1.82) is 0 Å². The summed E-state index contributed by atoms with van der Waals surface area (Å²) in [6.07, 6.45) is 2.60. The third-order valence-electron chi connectivity index (χ3n) is 4.20. The van der Waals surface area contributed by atoms with Crippen LogP contribution in [0.15, 0.2) is 42.5 Å². The first-order valence-corrected chi connectivity index (χ1v) is 7.96. The fourth-order valence-corrected chi connectivity index (χ4v) is 2.79. The zero-order valence-electron chi connectivity index (χ0n) is 13.3. The Balaban J connectivity index is 0.00000288. The molecule has 0 heterocycles. The fraction of sp³-hybridized carbons (Fsp3) is 0.400. The first kappa shape index (κ1) is 19.8. The normalized spacial score (nSPS) is 13.1. The van der Waals surface area contributed by atoms with E-state index in [0.717, 1.165) is 19.3 Å². The van der Waals surface area contributed by atoms with Gasteiger partial charge in [-0.05, 0) is 60.6 Å². The van der Waals surface area contributed by atoms with Gasteiger partial charge in [-0.3, -0.25) is 0 Å². The Morgan fingerprint density at radius 2 is 1.42 bits per heavy atom. The number of aliphatic hydroxyl groups is 1. The molecule has 0 saturated carbocycles. The summed E-state index contributed by atoms with van der Waals surface area (Å²) in [5.41, 5.74) is 1.70. The molecule has 0 aliphatic carbocycles. The predicted octanol–water partition coefficient (Wildman–Crippen LogP) is 4.52. The lowest BCUT2D eigenvalue weighted by Gasteiger charge is -2.18. The van der Waals surface area contributed by atoms with Crippen molar-refractivity contribution in [2.75, 3.05) is 0 Å². The highest BCUT2D eigenvalue weighted by atomic mass is 16.3. The maximum absolute atomic E-state index is 10.3. The lowest BCUT2D eigenvalue weighted by atomic mass is 9.90. The molecule has 2 aromatic rings. The van der Waals surface area contributed by atoms with Gasteiger partial charge in [0, 0.05) is 6.07 Å². The van der Waals surface area contributed by atoms with Crippen LogP contribution in [0.5, 0.6) is 17.2 Å². The van der Waals surface area contributed by atoms with Gasteiger partial charge in [-0.25, -0.2) is 0 Å². The molecule has 0 aromatic heterocycles. The van der Waals surface area contributed by atoms with Crippen LogP contribution in [0.4, 0.5) is 0 Å². The molecule has 0 aliphatic heterocycles. The lowest BCUT2D eigenvalue weighted by Crippen LogP contribution is -2.07. The Hall–Kier alpha value is -2.20. The second-order valence-corrected chi connectivity index (χ2v) is 6.02. The van der Waals surface area contributed by atoms with Crippen LogP contribution in [0, 0.1) is 5.92 Å². The largest absolute Gasteiger partial charge is 0.508 e. The van der Waals surface area contributed by atoms with Gasteiger partial charge in [-0.15, -0.1) is 0 Å². The Morgan fingerprint density at radius 1 is 0.833 bits per heavy atom. The molecule has 2 aromatic carbocycles. The van der Waals surface area contributed by atoms with Crippen LogP contribution in [0.25, 0.3) is 0 Å². The van der Waals surface area contributed by atoms with Gasteiger partial charge < -0.3 is 20.4 Å². The number of benzene rings is 2. The van der Waals surface area contributed by atoms with Crippen molar-refractivity contribution in [1.82, 2.24) is 0 Å². The smallest absolute Gasteiger partial charge is 0.119 e. The van der Waals surface area contributed by atoms with Crippen molar-refractivity contribution in [2.24, 2.45) is 5.92 Å². The molecule has 2 rings (SSSR count). The minimum absolute atomic E-state index is 0. The Kier molecular flexibility index (Phi) is 7.59. The van der Waals surface area contributed by atoms with E-state index in [1.165, 1.54) is 23.8 Å². The molecule has 0 unspecified atom stereocenters. The second kappa shape index (κ2) is 9.18. The second-order valence-electron chi connectivity index (χ2n) is 6.02. The van der Waals surface area contributed by atoms with Gasteiger partial charge >= 0.3 is 0 Å². The van der Waals surface area contributed by atoms with Crippen molar-refractivity contribution >= 4 is 0 Å². The number of hydrogen-bond acceptors (Lipinski definition) is 4. The van der Waals surface area contributed by atoms with Crippen LogP contribution in [-0.4, -0.2) is 20.4 Å². The number of rotatable bonds is 7. The zero-order valence-corrected chi connectivity index (χ0v) is 13.3. The number of aliphatic hydroxyl groups excluding tert-OH is 1. The topological polar surface area (TPSA) is 80.9 Å². The number of aromatic hydroxyl groups is 3. The summed E-state index contributed by atoms with van der Waals surface area (Å²) in [7, 11) is 0. The molecule has 4 N–H and O–H groups in total. The maximum Gasteiger partial charge on any atom is 0.119 e. The van der Waals surface area contributed by atoms with Gasteiger partial charge in [0.25, 0.3) is 0 Å². The third kappa shape index (κ3) is 5.78. The molecule has 2 atom stereocenters. The molecule has 0 radical (unpaired) electrons. The van der Waals surface area contributed by atoms with Gasteiger partial charge in [0.1, 0.15) is 17.2 Å². The number of hydrogen-bond donors (Lipinski definition) is 4. The molecule has 0 spiro atoms. The Bertz CT molecular complexity index is 602. The summed E-state index contributed by atoms with van der Waals surface area (Å²) in [6.45, 7) is 2.12. The van der Waals surface area contributed by atoms with E-state index >= 15 is 0 Å². The Morgan fingerprint density at radius 3 is 1.96 bits per heavy atom. The van der Waals surface area contributed by atoms with Crippen LogP contribution >= 0.6 is 0 Å². The quantitative estimate of drug-likeness (QED) is 0.601. The number of phenols is 3. The van der Waals surface area contributed by atoms with Gasteiger partial charge in [-0.2, -0.15) is 0 Å². The van der Waals surface area contributed by atoms with Crippen LogP contribution in [0.2, 0.25) is 0 Å². The van der Waals surface area contributed by atoms with E-state index in [1.54, 1.807) is 12.1 Å². The Labute approximate surface area is 144 Å². The van der Waals surface area contributed by atoms with Crippen molar-refractivity contribution in [3.63, 3.8) is 0 Å². The minimum atomic E-state index is -0.707. The molecular weight excluding hydrogens is 304 g/mol. The van der Waals surface area contributed by atoms with E-state index in [4.69, 9.17) is 0 Å². The van der Waals surface area contributed by atoms with Crippen molar-refractivity contribution < 1.29 is 20.4 Å². The molecule has 24 heavy (non-hydrogen) atoms. The molecule has 0 bridgehead atoms.